The van der Waals surface area contributed by atoms with Crippen LogP contribution >= 0.6 is 0 Å². The standard InChI is InChI=1S/C12H14N2O3/c1-8-6-10(4-5-12(16)17-3)14-11(7-8)13-9(2)15/h4-7H,1-3H3,(H,13,14,15). The Morgan fingerprint density at radius 2 is 2.12 bits per heavy atom. The number of carbonyl (C=O) groups excluding carboxylic acids is 2. The van der Waals surface area contributed by atoms with E-state index in [4.69, 9.17) is 0 Å². The second-order valence-corrected chi connectivity index (χ2v) is 3.49. The predicted octanol–water partition coefficient (Wildman–Crippen LogP) is 1.53. The zero-order valence-corrected chi connectivity index (χ0v) is 9.98. The van der Waals surface area contributed by atoms with Crippen molar-refractivity contribution in [2.45, 2.75) is 13.8 Å². The van der Waals surface area contributed by atoms with Crippen LogP contribution in [0.3, 0.4) is 0 Å². The molecule has 0 fully saturated rings. The summed E-state index contributed by atoms with van der Waals surface area (Å²) in [5.41, 5.74) is 1.52. The lowest BCUT2D eigenvalue weighted by Gasteiger charge is -2.04. The van der Waals surface area contributed by atoms with E-state index < -0.39 is 5.97 Å². The minimum Gasteiger partial charge on any atom is -0.466 e. The van der Waals surface area contributed by atoms with Crippen molar-refractivity contribution < 1.29 is 14.3 Å². The number of carbonyl (C=O) groups is 2. The van der Waals surface area contributed by atoms with Gasteiger partial charge in [-0.1, -0.05) is 0 Å². The topological polar surface area (TPSA) is 68.3 Å². The second-order valence-electron chi connectivity index (χ2n) is 3.49. The van der Waals surface area contributed by atoms with Crippen LogP contribution in [0.15, 0.2) is 18.2 Å². The number of nitrogens with one attached hydrogen (secondary N) is 1. The summed E-state index contributed by atoms with van der Waals surface area (Å²) in [7, 11) is 1.30. The van der Waals surface area contributed by atoms with Gasteiger partial charge in [0.15, 0.2) is 0 Å². The summed E-state index contributed by atoms with van der Waals surface area (Å²) < 4.78 is 4.47. The molecular weight excluding hydrogens is 220 g/mol. The molecular formula is C12H14N2O3. The molecule has 90 valence electrons. The van der Waals surface area contributed by atoms with Crippen LogP contribution in [0.4, 0.5) is 5.82 Å². The highest BCUT2D eigenvalue weighted by atomic mass is 16.5. The number of anilines is 1. The maximum atomic E-state index is 10.9. The highest BCUT2D eigenvalue weighted by Crippen LogP contribution is 2.11. The lowest BCUT2D eigenvalue weighted by molar-refractivity contribution is -0.134. The average Bonchev–Trinajstić information content (AvgIpc) is 2.24. The third-order valence-corrected chi connectivity index (χ3v) is 1.88. The van der Waals surface area contributed by atoms with Crippen molar-refractivity contribution in [1.29, 1.82) is 0 Å². The van der Waals surface area contributed by atoms with Gasteiger partial charge < -0.3 is 10.1 Å². The Balaban J connectivity index is 2.93. The van der Waals surface area contributed by atoms with Crippen molar-refractivity contribution in [3.63, 3.8) is 0 Å². The summed E-state index contributed by atoms with van der Waals surface area (Å²) in [6.07, 6.45) is 2.81. The van der Waals surface area contributed by atoms with Gasteiger partial charge in [-0.05, 0) is 30.7 Å². The molecule has 0 bridgehead atoms. The average molecular weight is 234 g/mol. The van der Waals surface area contributed by atoms with E-state index in [0.29, 0.717) is 11.5 Å². The Morgan fingerprint density at radius 1 is 1.41 bits per heavy atom. The van der Waals surface area contributed by atoms with Crippen molar-refractivity contribution in [1.82, 2.24) is 4.98 Å². The Bertz CT molecular complexity index is 467. The van der Waals surface area contributed by atoms with E-state index in [1.165, 1.54) is 26.2 Å². The van der Waals surface area contributed by atoms with Gasteiger partial charge in [0, 0.05) is 13.0 Å². The van der Waals surface area contributed by atoms with E-state index >= 15 is 0 Å². The molecule has 0 aliphatic heterocycles. The van der Waals surface area contributed by atoms with Gasteiger partial charge in [-0.3, -0.25) is 4.79 Å². The quantitative estimate of drug-likeness (QED) is 0.636. The number of aromatic nitrogens is 1. The number of aryl methyl sites for hydroxylation is 1. The van der Waals surface area contributed by atoms with Gasteiger partial charge in [-0.15, -0.1) is 0 Å². The number of ether oxygens (including phenoxy) is 1. The van der Waals surface area contributed by atoms with E-state index in [9.17, 15) is 9.59 Å². The van der Waals surface area contributed by atoms with Gasteiger partial charge in [0.05, 0.1) is 12.8 Å². The lowest BCUT2D eigenvalue weighted by atomic mass is 10.2. The first-order valence-electron chi connectivity index (χ1n) is 5.03. The number of esters is 1. The van der Waals surface area contributed by atoms with Crippen LogP contribution < -0.4 is 5.32 Å². The molecule has 1 heterocycles. The van der Waals surface area contributed by atoms with Crippen molar-refractivity contribution in [2.75, 3.05) is 12.4 Å². The number of pyridine rings is 1. The van der Waals surface area contributed by atoms with E-state index in [-0.39, 0.29) is 5.91 Å². The molecule has 0 unspecified atom stereocenters. The van der Waals surface area contributed by atoms with Gasteiger partial charge in [-0.25, -0.2) is 9.78 Å². The molecule has 0 aliphatic rings. The van der Waals surface area contributed by atoms with Crippen LogP contribution in [0.5, 0.6) is 0 Å². The molecule has 0 spiro atoms. The predicted molar refractivity (Wildman–Crippen MR) is 64.3 cm³/mol. The van der Waals surface area contributed by atoms with Gasteiger partial charge in [0.1, 0.15) is 5.82 Å². The van der Waals surface area contributed by atoms with Gasteiger partial charge >= 0.3 is 5.97 Å². The Kier molecular flexibility index (Phi) is 4.39. The van der Waals surface area contributed by atoms with Crippen LogP contribution in [0.1, 0.15) is 18.2 Å². The number of amides is 1. The van der Waals surface area contributed by atoms with Crippen molar-refractivity contribution in [2.24, 2.45) is 0 Å². The molecule has 1 aromatic heterocycles. The first kappa shape index (κ1) is 12.9. The summed E-state index contributed by atoms with van der Waals surface area (Å²) >= 11 is 0. The van der Waals surface area contributed by atoms with Crippen LogP contribution in [0.25, 0.3) is 6.08 Å². The fourth-order valence-electron chi connectivity index (χ4n) is 1.25. The van der Waals surface area contributed by atoms with Gasteiger partial charge in [0.25, 0.3) is 0 Å². The smallest absolute Gasteiger partial charge is 0.330 e. The van der Waals surface area contributed by atoms with Crippen LogP contribution in [-0.4, -0.2) is 24.0 Å². The molecule has 17 heavy (non-hydrogen) atoms. The van der Waals surface area contributed by atoms with Gasteiger partial charge in [0.2, 0.25) is 5.91 Å². The summed E-state index contributed by atoms with van der Waals surface area (Å²) in [6, 6.07) is 3.54. The highest BCUT2D eigenvalue weighted by Gasteiger charge is 2.00. The molecule has 1 aromatic rings. The van der Waals surface area contributed by atoms with Crippen LogP contribution in [-0.2, 0) is 14.3 Å². The number of nitrogens with zero attached hydrogens (tertiary/aromatic N) is 1. The van der Waals surface area contributed by atoms with E-state index in [1.807, 2.05) is 6.92 Å². The van der Waals surface area contributed by atoms with E-state index in [0.717, 1.165) is 5.56 Å². The second kappa shape index (κ2) is 5.79. The number of hydrogen-bond donors (Lipinski definition) is 1. The summed E-state index contributed by atoms with van der Waals surface area (Å²) in [4.78, 5) is 26.0. The normalized spacial score (nSPS) is 10.3. The number of hydrogen-bond acceptors (Lipinski definition) is 4. The van der Waals surface area contributed by atoms with Crippen molar-refractivity contribution in [3.05, 3.63) is 29.5 Å². The fourth-order valence-corrected chi connectivity index (χ4v) is 1.25. The Hall–Kier alpha value is -2.17. The Morgan fingerprint density at radius 3 is 2.71 bits per heavy atom. The van der Waals surface area contributed by atoms with Crippen molar-refractivity contribution in [3.8, 4) is 0 Å². The van der Waals surface area contributed by atoms with Gasteiger partial charge in [-0.2, -0.15) is 0 Å². The first-order chi connectivity index (χ1) is 8.01. The molecule has 0 aromatic carbocycles. The van der Waals surface area contributed by atoms with E-state index in [2.05, 4.69) is 15.0 Å². The van der Waals surface area contributed by atoms with Crippen LogP contribution in [0.2, 0.25) is 0 Å². The minimum absolute atomic E-state index is 0.189. The zero-order chi connectivity index (χ0) is 12.8. The third kappa shape index (κ3) is 4.46. The molecule has 0 aliphatic carbocycles. The summed E-state index contributed by atoms with van der Waals surface area (Å²) in [6.45, 7) is 3.29. The molecule has 5 heteroatoms. The van der Waals surface area contributed by atoms with E-state index in [1.54, 1.807) is 12.1 Å². The SMILES string of the molecule is COC(=O)C=Cc1cc(C)cc(NC(C)=O)n1. The molecule has 0 saturated heterocycles. The van der Waals surface area contributed by atoms with Crippen LogP contribution in [0, 0.1) is 6.92 Å². The maximum absolute atomic E-state index is 10.9. The largest absolute Gasteiger partial charge is 0.466 e. The highest BCUT2D eigenvalue weighted by molar-refractivity contribution is 5.88. The molecule has 0 radical (unpaired) electrons. The number of methoxy groups -OCH3 is 1. The minimum atomic E-state index is -0.450. The monoisotopic (exact) mass is 234 g/mol. The summed E-state index contributed by atoms with van der Waals surface area (Å²) in [5.74, 6) is -0.178. The maximum Gasteiger partial charge on any atom is 0.330 e. The Labute approximate surface area is 99.5 Å². The zero-order valence-electron chi connectivity index (χ0n) is 9.98. The molecule has 1 amide bonds. The fraction of sp³-hybridized carbons (Fsp3) is 0.250. The number of rotatable bonds is 3. The molecule has 1 N–H and O–H groups in total. The molecule has 1 rings (SSSR count). The first-order valence-corrected chi connectivity index (χ1v) is 5.03. The molecule has 0 saturated carbocycles. The third-order valence-electron chi connectivity index (χ3n) is 1.88. The van der Waals surface area contributed by atoms with Crippen molar-refractivity contribution >= 4 is 23.8 Å². The molecule has 0 atom stereocenters. The molecule has 5 nitrogen and oxygen atoms in total. The lowest BCUT2D eigenvalue weighted by Crippen LogP contribution is -2.08. The summed E-state index contributed by atoms with van der Waals surface area (Å²) in [5, 5.41) is 2.59.